The molecule has 0 saturated heterocycles. The average Bonchev–Trinajstić information content (AvgIpc) is 2.77. The number of halogens is 3. The Bertz CT molecular complexity index is 702. The molecule has 0 spiro atoms. The Hall–Kier alpha value is -1.94. The van der Waals surface area contributed by atoms with Crippen molar-refractivity contribution in [1.82, 2.24) is 0 Å². The number of amides is 1. The molecule has 1 N–H and O–H groups in total. The van der Waals surface area contributed by atoms with E-state index < -0.39 is 17.0 Å². The largest absolute Gasteiger partial charge is 0.326 e. The smallest absolute Gasteiger partial charge is 0.228 e. The van der Waals surface area contributed by atoms with Gasteiger partial charge in [-0.1, -0.05) is 18.2 Å². The van der Waals surface area contributed by atoms with Crippen molar-refractivity contribution in [2.75, 3.05) is 5.32 Å². The summed E-state index contributed by atoms with van der Waals surface area (Å²) >= 11 is 6.26. The Kier molecular flexibility index (Phi) is 3.18. The summed E-state index contributed by atoms with van der Waals surface area (Å²) in [7, 11) is 0. The molecule has 1 aliphatic rings. The minimum atomic E-state index is -0.725. The summed E-state index contributed by atoms with van der Waals surface area (Å²) in [5.41, 5.74) is 2.47. The van der Waals surface area contributed by atoms with Gasteiger partial charge in [-0.25, -0.2) is 8.78 Å². The lowest BCUT2D eigenvalue weighted by molar-refractivity contribution is -0.115. The van der Waals surface area contributed by atoms with E-state index in [1.807, 2.05) is 0 Å². The van der Waals surface area contributed by atoms with Gasteiger partial charge in [0.1, 0.15) is 11.6 Å². The third-order valence-electron chi connectivity index (χ3n) is 3.28. The van der Waals surface area contributed by atoms with Crippen molar-refractivity contribution in [3.8, 4) is 0 Å². The van der Waals surface area contributed by atoms with E-state index in [0.29, 0.717) is 12.0 Å². The molecule has 1 aliphatic heterocycles. The van der Waals surface area contributed by atoms with Gasteiger partial charge in [-0.2, -0.15) is 0 Å². The fourth-order valence-electron chi connectivity index (χ4n) is 2.29. The number of nitrogens with one attached hydrogen (secondary N) is 1. The summed E-state index contributed by atoms with van der Waals surface area (Å²) in [4.78, 5) is 11.3. The van der Waals surface area contributed by atoms with Gasteiger partial charge in [-0.3, -0.25) is 4.79 Å². The van der Waals surface area contributed by atoms with Gasteiger partial charge in [-0.15, -0.1) is 11.6 Å². The highest BCUT2D eigenvalue weighted by Gasteiger charge is 2.21. The Morgan fingerprint density at radius 1 is 1.15 bits per heavy atom. The molecular weight excluding hydrogens is 284 g/mol. The van der Waals surface area contributed by atoms with E-state index in [2.05, 4.69) is 5.32 Å². The van der Waals surface area contributed by atoms with Gasteiger partial charge in [0.15, 0.2) is 0 Å². The molecule has 1 amide bonds. The van der Waals surface area contributed by atoms with Crippen molar-refractivity contribution in [3.63, 3.8) is 0 Å². The standard InChI is InChI=1S/C15H10ClF2NO/c16-15(11-3-2-10(17)7-12(11)18)8-1-4-13-9(5-8)6-14(20)19-13/h1-5,7,15H,6H2,(H,19,20). The van der Waals surface area contributed by atoms with E-state index in [9.17, 15) is 13.6 Å². The van der Waals surface area contributed by atoms with Crippen LogP contribution in [0.25, 0.3) is 0 Å². The fourth-order valence-corrected chi connectivity index (χ4v) is 2.61. The molecule has 1 unspecified atom stereocenters. The van der Waals surface area contributed by atoms with E-state index in [1.54, 1.807) is 18.2 Å². The number of fused-ring (bicyclic) bond motifs is 1. The lowest BCUT2D eigenvalue weighted by Crippen LogP contribution is -2.03. The van der Waals surface area contributed by atoms with E-state index in [4.69, 9.17) is 11.6 Å². The Labute approximate surface area is 119 Å². The first-order chi connectivity index (χ1) is 9.54. The molecule has 1 heterocycles. The van der Waals surface area contributed by atoms with Crippen LogP contribution in [0.2, 0.25) is 0 Å². The van der Waals surface area contributed by atoms with Crippen LogP contribution in [-0.2, 0) is 11.2 Å². The molecule has 20 heavy (non-hydrogen) atoms. The van der Waals surface area contributed by atoms with Crippen molar-refractivity contribution < 1.29 is 13.6 Å². The highest BCUT2D eigenvalue weighted by molar-refractivity contribution is 6.22. The number of hydrogen-bond donors (Lipinski definition) is 1. The number of hydrogen-bond acceptors (Lipinski definition) is 1. The maximum Gasteiger partial charge on any atom is 0.228 e. The van der Waals surface area contributed by atoms with Crippen molar-refractivity contribution in [3.05, 3.63) is 64.7 Å². The Morgan fingerprint density at radius 3 is 2.70 bits per heavy atom. The molecule has 102 valence electrons. The van der Waals surface area contributed by atoms with Crippen LogP contribution in [0.1, 0.15) is 22.1 Å². The molecule has 0 saturated carbocycles. The number of rotatable bonds is 2. The van der Waals surface area contributed by atoms with E-state index in [1.165, 1.54) is 12.1 Å². The number of carbonyl (C=O) groups excluding carboxylic acids is 1. The minimum Gasteiger partial charge on any atom is -0.326 e. The Balaban J connectivity index is 1.97. The second kappa shape index (κ2) is 4.87. The van der Waals surface area contributed by atoms with Crippen LogP contribution in [0.3, 0.4) is 0 Å². The highest BCUT2D eigenvalue weighted by atomic mass is 35.5. The molecule has 0 bridgehead atoms. The molecule has 2 nitrogen and oxygen atoms in total. The van der Waals surface area contributed by atoms with Gasteiger partial charge in [-0.05, 0) is 23.3 Å². The summed E-state index contributed by atoms with van der Waals surface area (Å²) in [6.07, 6.45) is 0.290. The molecule has 3 rings (SSSR count). The maximum absolute atomic E-state index is 13.7. The normalized spacial score (nSPS) is 14.8. The van der Waals surface area contributed by atoms with E-state index in [-0.39, 0.29) is 11.5 Å². The van der Waals surface area contributed by atoms with Crippen molar-refractivity contribution in [2.45, 2.75) is 11.8 Å². The summed E-state index contributed by atoms with van der Waals surface area (Å²) in [5, 5.41) is 1.99. The minimum absolute atomic E-state index is 0.0729. The van der Waals surface area contributed by atoms with Crippen LogP contribution in [-0.4, -0.2) is 5.91 Å². The fraction of sp³-hybridized carbons (Fsp3) is 0.133. The molecule has 0 radical (unpaired) electrons. The zero-order valence-electron chi connectivity index (χ0n) is 10.3. The first kappa shape index (κ1) is 13.1. The average molecular weight is 294 g/mol. The van der Waals surface area contributed by atoms with Crippen LogP contribution < -0.4 is 5.32 Å². The first-order valence-corrected chi connectivity index (χ1v) is 6.50. The molecule has 2 aromatic carbocycles. The number of alkyl halides is 1. The molecule has 0 aromatic heterocycles. The van der Waals surface area contributed by atoms with Crippen LogP contribution in [0.4, 0.5) is 14.5 Å². The zero-order chi connectivity index (χ0) is 14.3. The van der Waals surface area contributed by atoms with Crippen LogP contribution in [0, 0.1) is 11.6 Å². The molecule has 0 aliphatic carbocycles. The molecule has 2 aromatic rings. The van der Waals surface area contributed by atoms with Crippen LogP contribution >= 0.6 is 11.6 Å². The van der Waals surface area contributed by atoms with Gasteiger partial charge in [0.05, 0.1) is 11.8 Å². The predicted octanol–water partition coefficient (Wildman–Crippen LogP) is 3.79. The number of carbonyl (C=O) groups is 1. The summed E-state index contributed by atoms with van der Waals surface area (Å²) in [6, 6.07) is 8.55. The van der Waals surface area contributed by atoms with Crippen LogP contribution in [0.5, 0.6) is 0 Å². The maximum atomic E-state index is 13.7. The quantitative estimate of drug-likeness (QED) is 0.839. The van der Waals surface area contributed by atoms with E-state index >= 15 is 0 Å². The van der Waals surface area contributed by atoms with Gasteiger partial charge in [0, 0.05) is 17.3 Å². The van der Waals surface area contributed by atoms with Gasteiger partial charge < -0.3 is 5.32 Å². The molecule has 0 fully saturated rings. The van der Waals surface area contributed by atoms with Crippen molar-refractivity contribution >= 4 is 23.2 Å². The third-order valence-corrected chi connectivity index (χ3v) is 3.77. The molecular formula is C15H10ClF2NO. The lowest BCUT2D eigenvalue weighted by atomic mass is 10.0. The summed E-state index contributed by atoms with van der Waals surface area (Å²) in [5.74, 6) is -1.39. The second-order valence-corrected chi connectivity index (χ2v) is 5.11. The highest BCUT2D eigenvalue weighted by Crippen LogP contribution is 2.34. The van der Waals surface area contributed by atoms with Crippen molar-refractivity contribution in [1.29, 1.82) is 0 Å². The van der Waals surface area contributed by atoms with Gasteiger partial charge in [0.25, 0.3) is 0 Å². The number of anilines is 1. The SMILES string of the molecule is O=C1Cc2cc(C(Cl)c3ccc(F)cc3F)ccc2N1. The van der Waals surface area contributed by atoms with Crippen LogP contribution in [0.15, 0.2) is 36.4 Å². The Morgan fingerprint density at radius 2 is 1.95 bits per heavy atom. The molecule has 5 heteroatoms. The third kappa shape index (κ3) is 2.27. The topological polar surface area (TPSA) is 29.1 Å². The van der Waals surface area contributed by atoms with Gasteiger partial charge in [0.2, 0.25) is 5.91 Å². The zero-order valence-corrected chi connectivity index (χ0v) is 11.0. The lowest BCUT2D eigenvalue weighted by Gasteiger charge is -2.12. The monoisotopic (exact) mass is 293 g/mol. The van der Waals surface area contributed by atoms with Gasteiger partial charge >= 0.3 is 0 Å². The summed E-state index contributed by atoms with van der Waals surface area (Å²) in [6.45, 7) is 0. The molecule has 1 atom stereocenters. The summed E-state index contributed by atoms with van der Waals surface area (Å²) < 4.78 is 26.6. The number of benzene rings is 2. The predicted molar refractivity (Wildman–Crippen MR) is 72.8 cm³/mol. The second-order valence-electron chi connectivity index (χ2n) is 4.67. The first-order valence-electron chi connectivity index (χ1n) is 6.06. The van der Waals surface area contributed by atoms with E-state index in [0.717, 1.165) is 17.3 Å². The van der Waals surface area contributed by atoms with Crippen molar-refractivity contribution in [2.24, 2.45) is 0 Å².